The molecule has 4 rings (SSSR count). The Morgan fingerprint density at radius 2 is 2.11 bits per heavy atom. The average Bonchev–Trinajstić information content (AvgIpc) is 3.26. The summed E-state index contributed by atoms with van der Waals surface area (Å²) in [6, 6.07) is 11.3. The van der Waals surface area contributed by atoms with E-state index in [-0.39, 0.29) is 37.3 Å². The predicted molar refractivity (Wildman–Crippen MR) is 102 cm³/mol. The number of aryl methyl sites for hydroxylation is 1. The molecule has 1 amide bonds. The van der Waals surface area contributed by atoms with Gasteiger partial charge in [0.1, 0.15) is 5.75 Å². The Bertz CT molecular complexity index is 1020. The number of hydrogen-bond donors (Lipinski definition) is 1. The molecule has 1 fully saturated rings. The standard InChI is InChI=1S/C20H22N4O4/c1-14-5-2-3-6-16(14)28-13-18(25)21-10-11-23-20(26)24(15-8-9-15)19(22-23)17-7-4-12-27-17/h2-7,12,15H,8-11,13H2,1H3,(H,21,25). The minimum absolute atomic E-state index is 0.0755. The van der Waals surface area contributed by atoms with Crippen LogP contribution in [0.2, 0.25) is 0 Å². The van der Waals surface area contributed by atoms with E-state index in [0.717, 1.165) is 18.4 Å². The Morgan fingerprint density at radius 3 is 2.82 bits per heavy atom. The third kappa shape index (κ3) is 3.85. The maximum atomic E-state index is 12.7. The number of amides is 1. The van der Waals surface area contributed by atoms with Crippen molar-refractivity contribution in [1.82, 2.24) is 19.7 Å². The van der Waals surface area contributed by atoms with Crippen molar-refractivity contribution in [3.63, 3.8) is 0 Å². The SMILES string of the molecule is Cc1ccccc1OCC(=O)NCCn1nc(-c2ccco2)n(C2CC2)c1=O. The van der Waals surface area contributed by atoms with E-state index in [1.807, 2.05) is 31.2 Å². The van der Waals surface area contributed by atoms with Gasteiger partial charge in [0.05, 0.1) is 12.8 Å². The molecule has 0 atom stereocenters. The highest BCUT2D eigenvalue weighted by Crippen LogP contribution is 2.36. The molecule has 1 saturated carbocycles. The third-order valence-electron chi connectivity index (χ3n) is 4.62. The fourth-order valence-electron chi connectivity index (χ4n) is 3.02. The van der Waals surface area contributed by atoms with Crippen molar-refractivity contribution in [3.8, 4) is 17.3 Å². The van der Waals surface area contributed by atoms with Crippen molar-refractivity contribution in [2.75, 3.05) is 13.2 Å². The molecule has 0 bridgehead atoms. The van der Waals surface area contributed by atoms with Crippen LogP contribution in [-0.2, 0) is 11.3 Å². The number of furan rings is 1. The minimum atomic E-state index is -0.246. The van der Waals surface area contributed by atoms with E-state index in [9.17, 15) is 9.59 Å². The van der Waals surface area contributed by atoms with Gasteiger partial charge in [0.2, 0.25) is 5.82 Å². The van der Waals surface area contributed by atoms with Crippen LogP contribution in [0.5, 0.6) is 5.75 Å². The van der Waals surface area contributed by atoms with E-state index >= 15 is 0 Å². The van der Waals surface area contributed by atoms with Gasteiger partial charge < -0.3 is 14.5 Å². The van der Waals surface area contributed by atoms with Crippen molar-refractivity contribution in [1.29, 1.82) is 0 Å². The van der Waals surface area contributed by atoms with E-state index in [0.29, 0.717) is 17.3 Å². The molecule has 0 unspecified atom stereocenters. The first-order chi connectivity index (χ1) is 13.6. The van der Waals surface area contributed by atoms with Gasteiger partial charge in [-0.1, -0.05) is 18.2 Å². The summed E-state index contributed by atoms with van der Waals surface area (Å²) in [6.45, 7) is 2.41. The average molecular weight is 382 g/mol. The van der Waals surface area contributed by atoms with E-state index in [1.165, 1.54) is 4.68 Å². The van der Waals surface area contributed by atoms with Gasteiger partial charge in [-0.3, -0.25) is 9.36 Å². The second-order valence-electron chi connectivity index (χ2n) is 6.81. The van der Waals surface area contributed by atoms with Gasteiger partial charge in [0.25, 0.3) is 5.91 Å². The van der Waals surface area contributed by atoms with Gasteiger partial charge in [-0.15, -0.1) is 5.10 Å². The monoisotopic (exact) mass is 382 g/mol. The van der Waals surface area contributed by atoms with Gasteiger partial charge in [-0.25, -0.2) is 9.48 Å². The molecule has 0 saturated heterocycles. The van der Waals surface area contributed by atoms with Crippen LogP contribution in [0.1, 0.15) is 24.4 Å². The van der Waals surface area contributed by atoms with Gasteiger partial charge in [0, 0.05) is 12.6 Å². The topological polar surface area (TPSA) is 91.3 Å². The van der Waals surface area contributed by atoms with Crippen LogP contribution >= 0.6 is 0 Å². The highest BCUT2D eigenvalue weighted by Gasteiger charge is 2.31. The molecule has 0 radical (unpaired) electrons. The Balaban J connectivity index is 1.35. The molecular formula is C20H22N4O4. The number of nitrogens with one attached hydrogen (secondary N) is 1. The van der Waals surface area contributed by atoms with Gasteiger partial charge >= 0.3 is 5.69 Å². The molecular weight excluding hydrogens is 360 g/mol. The molecule has 3 aromatic rings. The number of nitrogens with zero attached hydrogens (tertiary/aromatic N) is 3. The van der Waals surface area contributed by atoms with E-state index in [2.05, 4.69) is 10.4 Å². The summed E-state index contributed by atoms with van der Waals surface area (Å²) in [4.78, 5) is 24.7. The molecule has 146 valence electrons. The first-order valence-corrected chi connectivity index (χ1v) is 9.32. The molecule has 28 heavy (non-hydrogen) atoms. The van der Waals surface area contributed by atoms with Crippen LogP contribution in [0, 0.1) is 6.92 Å². The second-order valence-corrected chi connectivity index (χ2v) is 6.81. The summed E-state index contributed by atoms with van der Waals surface area (Å²) >= 11 is 0. The zero-order valence-corrected chi connectivity index (χ0v) is 15.6. The molecule has 1 aliphatic carbocycles. The number of rotatable bonds is 8. The summed E-state index contributed by atoms with van der Waals surface area (Å²) in [5, 5.41) is 7.17. The smallest absolute Gasteiger partial charge is 0.346 e. The summed E-state index contributed by atoms with van der Waals surface area (Å²) in [5.74, 6) is 1.54. The zero-order chi connectivity index (χ0) is 19.5. The lowest BCUT2D eigenvalue weighted by atomic mass is 10.2. The molecule has 8 nitrogen and oxygen atoms in total. The van der Waals surface area contributed by atoms with Crippen LogP contribution in [0.4, 0.5) is 0 Å². The fourth-order valence-corrected chi connectivity index (χ4v) is 3.02. The molecule has 1 aliphatic rings. The number of carbonyl (C=O) groups is 1. The summed E-state index contributed by atoms with van der Waals surface area (Å²) in [6.07, 6.45) is 3.49. The third-order valence-corrected chi connectivity index (χ3v) is 4.62. The van der Waals surface area contributed by atoms with E-state index in [1.54, 1.807) is 23.0 Å². The Kier molecular flexibility index (Phi) is 5.01. The highest BCUT2D eigenvalue weighted by molar-refractivity contribution is 5.77. The van der Waals surface area contributed by atoms with Gasteiger partial charge in [-0.05, 0) is 43.5 Å². The summed E-state index contributed by atoms with van der Waals surface area (Å²) < 4.78 is 14.0. The van der Waals surface area contributed by atoms with Crippen LogP contribution in [0.3, 0.4) is 0 Å². The quantitative estimate of drug-likeness (QED) is 0.645. The number of carbonyl (C=O) groups excluding carboxylic acids is 1. The minimum Gasteiger partial charge on any atom is -0.484 e. The molecule has 8 heteroatoms. The summed E-state index contributed by atoms with van der Waals surface area (Å²) in [7, 11) is 0. The number of benzene rings is 1. The Morgan fingerprint density at radius 1 is 1.29 bits per heavy atom. The van der Waals surface area contributed by atoms with E-state index < -0.39 is 0 Å². The van der Waals surface area contributed by atoms with Crippen LogP contribution in [-0.4, -0.2) is 33.4 Å². The molecule has 0 spiro atoms. The number of aromatic nitrogens is 3. The van der Waals surface area contributed by atoms with Crippen LogP contribution in [0.25, 0.3) is 11.6 Å². The van der Waals surface area contributed by atoms with Crippen molar-refractivity contribution < 1.29 is 13.9 Å². The lowest BCUT2D eigenvalue weighted by Crippen LogP contribution is -2.34. The molecule has 0 aliphatic heterocycles. The molecule has 1 aromatic carbocycles. The van der Waals surface area contributed by atoms with Crippen LogP contribution < -0.4 is 15.7 Å². The van der Waals surface area contributed by atoms with Gasteiger partial charge in [-0.2, -0.15) is 0 Å². The zero-order valence-electron chi connectivity index (χ0n) is 15.6. The summed E-state index contributed by atoms with van der Waals surface area (Å²) in [5.41, 5.74) is 0.789. The van der Waals surface area contributed by atoms with Gasteiger partial charge in [0.15, 0.2) is 12.4 Å². The largest absolute Gasteiger partial charge is 0.484 e. The maximum Gasteiger partial charge on any atom is 0.346 e. The van der Waals surface area contributed by atoms with Crippen molar-refractivity contribution >= 4 is 5.91 Å². The van der Waals surface area contributed by atoms with Crippen molar-refractivity contribution in [2.24, 2.45) is 0 Å². The van der Waals surface area contributed by atoms with Crippen LogP contribution in [0.15, 0.2) is 51.9 Å². The predicted octanol–water partition coefficient (Wildman–Crippen LogP) is 2.14. The molecule has 2 heterocycles. The fraction of sp³-hybridized carbons (Fsp3) is 0.350. The Hall–Kier alpha value is -3.29. The Labute approximate surface area is 161 Å². The highest BCUT2D eigenvalue weighted by atomic mass is 16.5. The molecule has 1 N–H and O–H groups in total. The molecule has 2 aromatic heterocycles. The lowest BCUT2D eigenvalue weighted by Gasteiger charge is -2.09. The van der Waals surface area contributed by atoms with Crippen molar-refractivity contribution in [2.45, 2.75) is 32.4 Å². The van der Waals surface area contributed by atoms with E-state index in [4.69, 9.17) is 9.15 Å². The lowest BCUT2D eigenvalue weighted by molar-refractivity contribution is -0.123. The maximum absolute atomic E-state index is 12.7. The second kappa shape index (κ2) is 7.75. The first-order valence-electron chi connectivity index (χ1n) is 9.32. The number of hydrogen-bond acceptors (Lipinski definition) is 5. The number of para-hydroxylation sites is 1. The first kappa shape index (κ1) is 18.1. The number of ether oxygens (including phenoxy) is 1. The van der Waals surface area contributed by atoms with Crippen molar-refractivity contribution in [3.05, 3.63) is 58.7 Å². The normalized spacial score (nSPS) is 13.5.